The molecule has 3 rings (SSSR count). The van der Waals surface area contributed by atoms with Crippen molar-refractivity contribution in [2.24, 2.45) is 23.7 Å². The monoisotopic (exact) mass is 1520 g/mol. The van der Waals surface area contributed by atoms with Gasteiger partial charge in [-0.2, -0.15) is 10.5 Å². The Balaban J connectivity index is 2.08. The number of rotatable bonds is 80. The van der Waals surface area contributed by atoms with Gasteiger partial charge in [0.05, 0.1) is 49.7 Å². The van der Waals surface area contributed by atoms with Crippen LogP contribution in [0.25, 0.3) is 23.3 Å². The second-order valence-corrected chi connectivity index (χ2v) is 34.4. The van der Waals surface area contributed by atoms with E-state index in [-0.39, 0.29) is 0 Å². The molecule has 0 aliphatic heterocycles. The summed E-state index contributed by atoms with van der Waals surface area (Å²) in [6.07, 6.45) is 87.4. The topological polar surface area (TPSA) is 84.5 Å². The van der Waals surface area contributed by atoms with Gasteiger partial charge in [0.15, 0.2) is 0 Å². The zero-order valence-electron chi connectivity index (χ0n) is 73.8. The van der Waals surface area contributed by atoms with Gasteiger partial charge in [-0.3, -0.25) is 0 Å². The summed E-state index contributed by atoms with van der Waals surface area (Å²) in [7, 11) is 0. The molecule has 0 aliphatic carbocycles. The molecular weight excluding hydrogens is 1340 g/mol. The van der Waals surface area contributed by atoms with Crippen molar-refractivity contribution >= 4 is 23.3 Å². The summed E-state index contributed by atoms with van der Waals surface area (Å²) in [6, 6.07) is 26.3. The normalized spacial score (nSPS) is 13.0. The van der Waals surface area contributed by atoms with Crippen molar-refractivity contribution in [2.45, 2.75) is 466 Å². The number of ether oxygens (including phenoxy) is 4. The van der Waals surface area contributed by atoms with Gasteiger partial charge in [0.2, 0.25) is 0 Å². The fourth-order valence-electron chi connectivity index (χ4n) is 16.4. The van der Waals surface area contributed by atoms with E-state index in [1.165, 1.54) is 411 Å². The molecule has 4 unspecified atom stereocenters. The van der Waals surface area contributed by atoms with Crippen LogP contribution in [0.1, 0.15) is 489 Å². The molecule has 0 bridgehead atoms. The lowest BCUT2D eigenvalue weighted by molar-refractivity contribution is 0.214. The van der Waals surface area contributed by atoms with Gasteiger partial charge in [-0.15, -0.1) is 0 Å². The van der Waals surface area contributed by atoms with Crippen LogP contribution in [-0.4, -0.2) is 26.4 Å². The third-order valence-corrected chi connectivity index (χ3v) is 23.9. The van der Waals surface area contributed by atoms with Crippen LogP contribution in [0.2, 0.25) is 0 Å². The zero-order valence-corrected chi connectivity index (χ0v) is 73.8. The molecule has 6 heteroatoms. The van der Waals surface area contributed by atoms with E-state index in [1.807, 2.05) is 12.2 Å². The Bertz CT molecular complexity index is 2390. The van der Waals surface area contributed by atoms with Crippen molar-refractivity contribution in [1.82, 2.24) is 0 Å². The fraction of sp³-hybridized carbons (Fsp3) is 0.769. The third-order valence-electron chi connectivity index (χ3n) is 23.9. The van der Waals surface area contributed by atoms with Crippen LogP contribution in [0.15, 0.2) is 60.7 Å². The maximum atomic E-state index is 11.2. The highest BCUT2D eigenvalue weighted by Gasteiger charge is 2.19. The maximum absolute atomic E-state index is 11.2. The summed E-state index contributed by atoms with van der Waals surface area (Å²) < 4.78 is 27.9. The molecule has 0 heterocycles. The quantitative estimate of drug-likeness (QED) is 0.0318. The van der Waals surface area contributed by atoms with E-state index in [0.717, 1.165) is 45.3 Å². The van der Waals surface area contributed by atoms with Crippen LogP contribution < -0.4 is 18.9 Å². The Kier molecular flexibility index (Phi) is 66.2. The van der Waals surface area contributed by atoms with Gasteiger partial charge in [-0.1, -0.05) is 439 Å². The number of hydrogen-bond acceptors (Lipinski definition) is 6. The lowest BCUT2D eigenvalue weighted by Gasteiger charge is -2.20. The molecule has 0 saturated heterocycles. The predicted molar refractivity (Wildman–Crippen MR) is 483 cm³/mol. The molecule has 0 amide bonds. The first-order valence-electron chi connectivity index (χ1n) is 48.4. The Morgan fingerprint density at radius 1 is 0.236 bits per heavy atom. The van der Waals surface area contributed by atoms with Crippen molar-refractivity contribution in [1.29, 1.82) is 10.5 Å². The summed E-state index contributed by atoms with van der Waals surface area (Å²) in [5.41, 5.74) is 4.66. The number of benzene rings is 3. The summed E-state index contributed by atoms with van der Waals surface area (Å²) >= 11 is 0. The number of unbranched alkanes of at least 4 members (excludes halogenated alkanes) is 48. The summed E-state index contributed by atoms with van der Waals surface area (Å²) in [5, 5.41) is 22.4. The average Bonchev–Trinajstić information content (AvgIpc) is 0.838. The Morgan fingerprint density at radius 3 is 0.545 bits per heavy atom. The van der Waals surface area contributed by atoms with Gasteiger partial charge < -0.3 is 18.9 Å². The van der Waals surface area contributed by atoms with Gasteiger partial charge in [0, 0.05) is 12.1 Å². The zero-order chi connectivity index (χ0) is 78.9. The molecule has 110 heavy (non-hydrogen) atoms. The van der Waals surface area contributed by atoms with E-state index in [4.69, 9.17) is 18.9 Å². The van der Waals surface area contributed by atoms with Crippen molar-refractivity contribution in [3.8, 4) is 35.1 Å². The van der Waals surface area contributed by atoms with Crippen LogP contribution in [0, 0.1) is 46.3 Å². The van der Waals surface area contributed by atoms with Crippen LogP contribution in [-0.2, 0) is 0 Å². The minimum Gasteiger partial charge on any atom is -0.493 e. The van der Waals surface area contributed by atoms with Crippen LogP contribution in [0.4, 0.5) is 0 Å². The molecule has 0 fully saturated rings. The van der Waals surface area contributed by atoms with E-state index in [1.54, 1.807) is 0 Å². The van der Waals surface area contributed by atoms with E-state index < -0.39 is 0 Å². The van der Waals surface area contributed by atoms with E-state index in [9.17, 15) is 10.5 Å². The molecule has 0 aromatic heterocycles. The summed E-state index contributed by atoms with van der Waals surface area (Å²) in [6.45, 7) is 21.2. The highest BCUT2D eigenvalue weighted by Crippen LogP contribution is 2.35. The smallest absolute Gasteiger partial charge is 0.123 e. The van der Waals surface area contributed by atoms with Crippen molar-refractivity contribution < 1.29 is 18.9 Å². The first-order valence-corrected chi connectivity index (χ1v) is 48.4. The minimum atomic E-state index is 0.494. The molecule has 0 radical (unpaired) electrons. The molecular formula is C104H176N2O4. The van der Waals surface area contributed by atoms with Gasteiger partial charge in [-0.25, -0.2) is 0 Å². The molecule has 0 N–H and O–H groups in total. The van der Waals surface area contributed by atoms with Crippen LogP contribution in [0.5, 0.6) is 23.0 Å². The molecule has 3 aromatic carbocycles. The first-order chi connectivity index (χ1) is 54.3. The summed E-state index contributed by atoms with van der Waals surface area (Å²) in [5.74, 6) is 5.16. The molecule has 3 aromatic rings. The van der Waals surface area contributed by atoms with Crippen molar-refractivity contribution in [2.75, 3.05) is 26.4 Å². The SMILES string of the molecule is CCCCCCCCCCC(CCCCCCCC)COc1cc(OCC(CCCCCCCC)CCCCCCCCCC)cc(/C(C#N)=C/c2ccc(/C=C(\C#N)c3cc(OCC(CCCCCCCC)CCCCCCCCCC)cc(OCC(CCCCCCCC)CCCCCCCCCC)c3)cc2)c1. The van der Waals surface area contributed by atoms with E-state index >= 15 is 0 Å². The van der Waals surface area contributed by atoms with Crippen LogP contribution in [0.3, 0.4) is 0 Å². The highest BCUT2D eigenvalue weighted by molar-refractivity contribution is 5.92. The Morgan fingerprint density at radius 2 is 0.391 bits per heavy atom. The third kappa shape index (κ3) is 54.2. The molecule has 626 valence electrons. The predicted octanol–water partition coefficient (Wildman–Crippen LogP) is 34.9. The number of hydrogen-bond donors (Lipinski definition) is 0. The lowest BCUT2D eigenvalue weighted by atomic mass is 9.94. The summed E-state index contributed by atoms with van der Waals surface area (Å²) in [4.78, 5) is 0. The Hall–Kier alpha value is -4.68. The fourth-order valence-corrected chi connectivity index (χ4v) is 16.4. The molecule has 0 spiro atoms. The largest absolute Gasteiger partial charge is 0.493 e. The number of nitriles is 2. The first kappa shape index (κ1) is 99.5. The Labute approximate surface area is 683 Å². The molecule has 0 saturated carbocycles. The van der Waals surface area contributed by atoms with Gasteiger partial charge in [0.25, 0.3) is 0 Å². The van der Waals surface area contributed by atoms with E-state index in [0.29, 0.717) is 61.2 Å². The average molecular weight is 1520 g/mol. The van der Waals surface area contributed by atoms with Gasteiger partial charge in [0.1, 0.15) is 23.0 Å². The minimum absolute atomic E-state index is 0.494. The second kappa shape index (κ2) is 73.2. The van der Waals surface area contributed by atoms with Crippen molar-refractivity contribution in [3.05, 3.63) is 82.9 Å². The van der Waals surface area contributed by atoms with Crippen molar-refractivity contribution in [3.63, 3.8) is 0 Å². The van der Waals surface area contributed by atoms with E-state index in [2.05, 4.69) is 128 Å². The van der Waals surface area contributed by atoms with Crippen LogP contribution >= 0.6 is 0 Å². The molecule has 6 nitrogen and oxygen atoms in total. The number of allylic oxidation sites excluding steroid dienone is 2. The maximum Gasteiger partial charge on any atom is 0.123 e. The highest BCUT2D eigenvalue weighted by atomic mass is 16.5. The molecule has 4 atom stereocenters. The van der Waals surface area contributed by atoms with Gasteiger partial charge in [-0.05, 0) is 134 Å². The number of nitrogens with zero attached hydrogens (tertiary/aromatic N) is 2. The molecule has 0 aliphatic rings. The van der Waals surface area contributed by atoms with Gasteiger partial charge >= 0.3 is 0 Å². The lowest BCUT2D eigenvalue weighted by Crippen LogP contribution is -2.14. The standard InChI is InChI=1S/C104H176N2O4/c1-9-17-25-33-41-45-53-61-69-93(65-57-49-37-29-21-13-5)87-107-101-79-97(80-102(83-101)108-88-94(66-58-50-38-30-22-14-6)70-62-54-46-42-34-26-18-10-2)99(85-105)77-91-73-75-92(76-74-91)78-100(86-106)98-81-103(109-89-95(67-59-51-39-31-23-15-7)71-63-55-47-43-35-27-19-11-3)84-104(82-98)110-90-96(68-60-52-40-32-24-16-8)72-64-56-48-44-36-28-20-12-4/h73-84,93-96H,9-72,87-90H2,1-8H3/b99-77+,100-78+. The second-order valence-electron chi connectivity index (χ2n) is 34.4.